The Morgan fingerprint density at radius 3 is 2.70 bits per heavy atom. The molecule has 9 nitrogen and oxygen atoms in total. The number of hydrogen-bond acceptors (Lipinski definition) is 7. The lowest BCUT2D eigenvalue weighted by Gasteiger charge is -2.12. The SMILES string of the molecule is C#CCNC(=O)CCc1nnc(-c2ccc(OCc3cccc(OC)c3)c(OC)c2)[nH]c1=O. The molecule has 33 heavy (non-hydrogen) atoms. The Bertz CT molecular complexity index is 1220. The number of methoxy groups -OCH3 is 2. The van der Waals surface area contributed by atoms with Crippen LogP contribution in [-0.4, -0.2) is 41.9 Å². The molecule has 2 aromatic carbocycles. The number of hydrogen-bond donors (Lipinski definition) is 2. The number of aromatic amines is 1. The Kier molecular flexibility index (Phi) is 8.02. The molecule has 9 heteroatoms. The number of carbonyl (C=O) groups is 1. The standard InChI is InChI=1S/C24H24N4O5/c1-4-12-25-22(29)11-9-19-24(30)26-23(28-27-19)17-8-10-20(21(14-17)32-3)33-15-16-6-5-7-18(13-16)31-2/h1,5-8,10,13-14H,9,11-12,15H2,2-3H3,(H,25,29)(H,26,28,30). The van der Waals surface area contributed by atoms with Gasteiger partial charge in [-0.15, -0.1) is 16.6 Å². The van der Waals surface area contributed by atoms with Gasteiger partial charge in [0.2, 0.25) is 5.91 Å². The van der Waals surface area contributed by atoms with Crippen LogP contribution >= 0.6 is 0 Å². The summed E-state index contributed by atoms with van der Waals surface area (Å²) in [4.78, 5) is 26.7. The van der Waals surface area contributed by atoms with E-state index in [0.29, 0.717) is 23.7 Å². The molecule has 0 saturated heterocycles. The summed E-state index contributed by atoms with van der Waals surface area (Å²) < 4.78 is 16.6. The van der Waals surface area contributed by atoms with E-state index in [4.69, 9.17) is 20.6 Å². The third kappa shape index (κ3) is 6.33. The Morgan fingerprint density at radius 2 is 1.97 bits per heavy atom. The highest BCUT2D eigenvalue weighted by atomic mass is 16.5. The van der Waals surface area contributed by atoms with Crippen LogP contribution in [0.5, 0.6) is 17.2 Å². The quantitative estimate of drug-likeness (QED) is 0.457. The summed E-state index contributed by atoms with van der Waals surface area (Å²) in [5.41, 5.74) is 1.30. The number of aryl methyl sites for hydroxylation is 1. The van der Waals surface area contributed by atoms with Crippen LogP contribution in [0.4, 0.5) is 0 Å². The third-order valence-electron chi connectivity index (χ3n) is 4.71. The summed E-state index contributed by atoms with van der Waals surface area (Å²) in [6, 6.07) is 12.8. The number of nitrogens with one attached hydrogen (secondary N) is 2. The minimum Gasteiger partial charge on any atom is -0.497 e. The fraction of sp³-hybridized carbons (Fsp3) is 0.250. The van der Waals surface area contributed by atoms with Gasteiger partial charge >= 0.3 is 0 Å². The lowest BCUT2D eigenvalue weighted by Crippen LogP contribution is -2.25. The van der Waals surface area contributed by atoms with E-state index in [9.17, 15) is 9.59 Å². The van der Waals surface area contributed by atoms with Crippen molar-refractivity contribution in [2.45, 2.75) is 19.4 Å². The lowest BCUT2D eigenvalue weighted by molar-refractivity contribution is -0.120. The van der Waals surface area contributed by atoms with E-state index in [0.717, 1.165) is 11.3 Å². The molecule has 0 saturated carbocycles. The molecule has 1 aromatic heterocycles. The molecule has 3 aromatic rings. The van der Waals surface area contributed by atoms with Gasteiger partial charge in [0.15, 0.2) is 17.3 Å². The van der Waals surface area contributed by atoms with Crippen LogP contribution in [0.15, 0.2) is 47.3 Å². The van der Waals surface area contributed by atoms with Gasteiger partial charge in [0.05, 0.1) is 20.8 Å². The third-order valence-corrected chi connectivity index (χ3v) is 4.71. The topological polar surface area (TPSA) is 115 Å². The van der Waals surface area contributed by atoms with Gasteiger partial charge < -0.3 is 24.5 Å². The Hall–Kier alpha value is -4.32. The zero-order valence-corrected chi connectivity index (χ0v) is 18.4. The molecule has 0 unspecified atom stereocenters. The first-order chi connectivity index (χ1) is 16.0. The molecule has 0 bridgehead atoms. The maximum Gasteiger partial charge on any atom is 0.273 e. The van der Waals surface area contributed by atoms with Crippen molar-refractivity contribution >= 4 is 5.91 Å². The number of carbonyl (C=O) groups excluding carboxylic acids is 1. The normalized spacial score (nSPS) is 10.2. The predicted octanol–water partition coefficient (Wildman–Crippen LogP) is 2.11. The van der Waals surface area contributed by atoms with Gasteiger partial charge in [0.1, 0.15) is 18.1 Å². The minimum absolute atomic E-state index is 0.0892. The van der Waals surface area contributed by atoms with Gasteiger partial charge in [-0.1, -0.05) is 18.1 Å². The lowest BCUT2D eigenvalue weighted by atomic mass is 10.2. The number of rotatable bonds is 10. The van der Waals surface area contributed by atoms with Gasteiger partial charge in [0.25, 0.3) is 5.56 Å². The Labute approximate surface area is 191 Å². The zero-order valence-electron chi connectivity index (χ0n) is 18.4. The monoisotopic (exact) mass is 448 g/mol. The summed E-state index contributed by atoms with van der Waals surface area (Å²) in [6.45, 7) is 0.466. The summed E-state index contributed by atoms with van der Waals surface area (Å²) in [5.74, 6) is 4.10. The molecular weight excluding hydrogens is 424 g/mol. The van der Waals surface area contributed by atoms with Crippen LogP contribution in [0.2, 0.25) is 0 Å². The van der Waals surface area contributed by atoms with Crippen molar-refractivity contribution in [3.05, 3.63) is 64.1 Å². The number of nitrogens with zero attached hydrogens (tertiary/aromatic N) is 2. The molecule has 0 aliphatic rings. The largest absolute Gasteiger partial charge is 0.497 e. The number of H-pyrrole nitrogens is 1. The van der Waals surface area contributed by atoms with E-state index >= 15 is 0 Å². The first-order valence-electron chi connectivity index (χ1n) is 10.1. The predicted molar refractivity (Wildman–Crippen MR) is 122 cm³/mol. The van der Waals surface area contributed by atoms with Crippen LogP contribution in [0, 0.1) is 12.3 Å². The highest BCUT2D eigenvalue weighted by Crippen LogP contribution is 2.31. The average molecular weight is 448 g/mol. The van der Waals surface area contributed by atoms with E-state index in [1.165, 1.54) is 7.11 Å². The van der Waals surface area contributed by atoms with Crippen molar-refractivity contribution in [3.8, 4) is 41.0 Å². The second kappa shape index (κ2) is 11.3. The molecule has 0 atom stereocenters. The minimum atomic E-state index is -0.415. The molecular formula is C24H24N4O5. The molecule has 0 spiro atoms. The molecule has 0 fully saturated rings. The maximum atomic E-state index is 12.4. The maximum absolute atomic E-state index is 12.4. The van der Waals surface area contributed by atoms with Crippen LogP contribution in [0.1, 0.15) is 17.7 Å². The van der Waals surface area contributed by atoms with Gasteiger partial charge in [0, 0.05) is 18.4 Å². The second-order valence-electron chi connectivity index (χ2n) is 6.94. The van der Waals surface area contributed by atoms with E-state index < -0.39 is 5.56 Å². The van der Waals surface area contributed by atoms with Crippen molar-refractivity contribution in [2.24, 2.45) is 0 Å². The van der Waals surface area contributed by atoms with Crippen molar-refractivity contribution < 1.29 is 19.0 Å². The summed E-state index contributed by atoms with van der Waals surface area (Å²) in [6.07, 6.45) is 5.34. The molecule has 0 aliphatic carbocycles. The summed E-state index contributed by atoms with van der Waals surface area (Å²) in [7, 11) is 3.14. The van der Waals surface area contributed by atoms with Crippen molar-refractivity contribution in [1.82, 2.24) is 20.5 Å². The Balaban J connectivity index is 1.70. The van der Waals surface area contributed by atoms with Crippen molar-refractivity contribution in [3.63, 3.8) is 0 Å². The van der Waals surface area contributed by atoms with Crippen LogP contribution in [0.25, 0.3) is 11.4 Å². The highest BCUT2D eigenvalue weighted by molar-refractivity contribution is 5.76. The van der Waals surface area contributed by atoms with Gasteiger partial charge in [-0.2, -0.15) is 0 Å². The van der Waals surface area contributed by atoms with E-state index in [1.807, 2.05) is 24.3 Å². The van der Waals surface area contributed by atoms with E-state index in [1.54, 1.807) is 25.3 Å². The van der Waals surface area contributed by atoms with Crippen molar-refractivity contribution in [2.75, 3.05) is 20.8 Å². The van der Waals surface area contributed by atoms with Gasteiger partial charge in [-0.05, 0) is 35.9 Å². The molecule has 0 aliphatic heterocycles. The second-order valence-corrected chi connectivity index (χ2v) is 6.94. The molecule has 3 rings (SSSR count). The average Bonchev–Trinajstić information content (AvgIpc) is 2.85. The number of aromatic nitrogens is 3. The first-order valence-corrected chi connectivity index (χ1v) is 10.1. The number of ether oxygens (including phenoxy) is 3. The summed E-state index contributed by atoms with van der Waals surface area (Å²) >= 11 is 0. The van der Waals surface area contributed by atoms with Gasteiger partial charge in [-0.25, -0.2) is 0 Å². The number of amides is 1. The smallest absolute Gasteiger partial charge is 0.273 e. The van der Waals surface area contributed by atoms with Crippen LogP contribution in [-0.2, 0) is 17.8 Å². The molecule has 1 heterocycles. The molecule has 1 amide bonds. The highest BCUT2D eigenvalue weighted by Gasteiger charge is 2.12. The fourth-order valence-electron chi connectivity index (χ4n) is 2.98. The van der Waals surface area contributed by atoms with Gasteiger partial charge in [-0.3, -0.25) is 9.59 Å². The van der Waals surface area contributed by atoms with Crippen LogP contribution < -0.4 is 25.1 Å². The fourth-order valence-corrected chi connectivity index (χ4v) is 2.98. The number of benzene rings is 2. The molecule has 170 valence electrons. The first kappa shape index (κ1) is 23.3. The zero-order chi connectivity index (χ0) is 23.6. The van der Waals surface area contributed by atoms with Crippen molar-refractivity contribution in [1.29, 1.82) is 0 Å². The Morgan fingerprint density at radius 1 is 1.12 bits per heavy atom. The van der Waals surface area contributed by atoms with Crippen LogP contribution in [0.3, 0.4) is 0 Å². The summed E-state index contributed by atoms with van der Waals surface area (Å²) in [5, 5.41) is 10.6. The molecule has 2 N–H and O–H groups in total. The number of terminal acetylenes is 1. The van der Waals surface area contributed by atoms with E-state index in [2.05, 4.69) is 26.4 Å². The van der Waals surface area contributed by atoms with E-state index in [-0.39, 0.29) is 36.8 Å². The molecule has 0 radical (unpaired) electrons.